The Balaban J connectivity index is 1.98. The van der Waals surface area contributed by atoms with Crippen LogP contribution >= 0.6 is 11.3 Å². The van der Waals surface area contributed by atoms with Gasteiger partial charge in [-0.25, -0.2) is 4.98 Å². The minimum absolute atomic E-state index is 0.182. The normalized spacial score (nSPS) is 11.4. The van der Waals surface area contributed by atoms with Crippen molar-refractivity contribution in [2.45, 2.75) is 19.6 Å². The van der Waals surface area contributed by atoms with E-state index in [4.69, 9.17) is 0 Å². The molecule has 1 heterocycles. The lowest BCUT2D eigenvalue weighted by Crippen LogP contribution is -2.31. The molecule has 0 fully saturated rings. The van der Waals surface area contributed by atoms with Crippen LogP contribution in [0.4, 0.5) is 13.2 Å². The zero-order valence-corrected chi connectivity index (χ0v) is 15.3. The second-order valence-electron chi connectivity index (χ2n) is 5.87. The fraction of sp³-hybridized carbons (Fsp3) is 0.200. The minimum Gasteiger partial charge on any atom is -0.334 e. The van der Waals surface area contributed by atoms with Gasteiger partial charge in [0.1, 0.15) is 9.88 Å². The smallest absolute Gasteiger partial charge is 0.334 e. The van der Waals surface area contributed by atoms with Gasteiger partial charge in [-0.1, -0.05) is 60.7 Å². The topological polar surface area (TPSA) is 33.2 Å². The lowest BCUT2D eigenvalue weighted by Gasteiger charge is -2.21. The number of hydrogen-bond donors (Lipinski definition) is 0. The van der Waals surface area contributed by atoms with Crippen LogP contribution in [0.1, 0.15) is 27.9 Å². The number of thiazole rings is 1. The molecule has 3 aromatic rings. The number of carbonyl (C=O) groups excluding carboxylic acids is 1. The van der Waals surface area contributed by atoms with Gasteiger partial charge in [0.25, 0.3) is 5.91 Å². The van der Waals surface area contributed by atoms with Gasteiger partial charge in [-0.05, 0) is 12.5 Å². The fourth-order valence-electron chi connectivity index (χ4n) is 2.64. The van der Waals surface area contributed by atoms with E-state index in [1.54, 1.807) is 37.3 Å². The third-order valence-electron chi connectivity index (χ3n) is 4.00. The molecule has 0 saturated carbocycles. The predicted molar refractivity (Wildman–Crippen MR) is 99.4 cm³/mol. The number of halogens is 3. The summed E-state index contributed by atoms with van der Waals surface area (Å²) in [4.78, 5) is 17.7. The summed E-state index contributed by atoms with van der Waals surface area (Å²) in [6.07, 6.45) is -4.69. The van der Waals surface area contributed by atoms with Crippen molar-refractivity contribution in [3.8, 4) is 10.6 Å². The Morgan fingerprint density at radius 1 is 1.04 bits per heavy atom. The van der Waals surface area contributed by atoms with E-state index in [2.05, 4.69) is 4.98 Å². The standard InChI is InChI=1S/C20H17F3N2OS/c1-2-25(13-14-9-5-3-6-10-14)19(26)16-17(20(21,22)23)24-18(27-16)15-11-7-4-8-12-15/h3-12H,2,13H2,1H3. The van der Waals surface area contributed by atoms with Crippen LogP contribution in [0.5, 0.6) is 0 Å². The summed E-state index contributed by atoms with van der Waals surface area (Å²) in [5.41, 5.74) is 0.287. The zero-order valence-electron chi connectivity index (χ0n) is 14.5. The van der Waals surface area contributed by atoms with Crippen LogP contribution in [0.2, 0.25) is 0 Å². The van der Waals surface area contributed by atoms with Gasteiger partial charge in [-0.3, -0.25) is 4.79 Å². The minimum atomic E-state index is -4.69. The Morgan fingerprint density at radius 2 is 1.63 bits per heavy atom. The highest BCUT2D eigenvalue weighted by molar-refractivity contribution is 7.17. The maximum Gasteiger partial charge on any atom is 0.435 e. The van der Waals surface area contributed by atoms with E-state index < -0.39 is 17.8 Å². The number of nitrogens with zero attached hydrogens (tertiary/aromatic N) is 2. The average Bonchev–Trinajstić information content (AvgIpc) is 3.13. The van der Waals surface area contributed by atoms with Crippen molar-refractivity contribution in [3.05, 3.63) is 76.8 Å². The molecule has 140 valence electrons. The lowest BCUT2D eigenvalue weighted by atomic mass is 10.2. The van der Waals surface area contributed by atoms with Crippen LogP contribution in [0.3, 0.4) is 0 Å². The first-order valence-electron chi connectivity index (χ1n) is 8.36. The van der Waals surface area contributed by atoms with Crippen LogP contribution in [0, 0.1) is 0 Å². The van der Waals surface area contributed by atoms with Gasteiger partial charge >= 0.3 is 6.18 Å². The number of benzene rings is 2. The first kappa shape index (κ1) is 19.1. The summed E-state index contributed by atoms with van der Waals surface area (Å²) in [7, 11) is 0. The first-order chi connectivity index (χ1) is 12.9. The number of alkyl halides is 3. The molecular formula is C20H17F3N2OS. The molecule has 27 heavy (non-hydrogen) atoms. The molecule has 1 amide bonds. The second-order valence-corrected chi connectivity index (χ2v) is 6.86. The van der Waals surface area contributed by atoms with Crippen molar-refractivity contribution in [1.29, 1.82) is 0 Å². The van der Waals surface area contributed by atoms with Crippen LogP contribution in [-0.2, 0) is 12.7 Å². The SMILES string of the molecule is CCN(Cc1ccccc1)C(=O)c1sc(-c2ccccc2)nc1C(F)(F)F. The molecule has 0 aliphatic carbocycles. The molecule has 3 nitrogen and oxygen atoms in total. The Bertz CT molecular complexity index is 908. The highest BCUT2D eigenvalue weighted by Gasteiger charge is 2.40. The van der Waals surface area contributed by atoms with Crippen molar-refractivity contribution < 1.29 is 18.0 Å². The van der Waals surface area contributed by atoms with Crippen LogP contribution < -0.4 is 0 Å². The van der Waals surface area contributed by atoms with Gasteiger partial charge in [0.15, 0.2) is 5.69 Å². The monoisotopic (exact) mass is 390 g/mol. The molecule has 0 radical (unpaired) electrons. The Kier molecular flexibility index (Phi) is 5.60. The Labute approximate surface area is 159 Å². The van der Waals surface area contributed by atoms with Crippen molar-refractivity contribution >= 4 is 17.2 Å². The highest BCUT2D eigenvalue weighted by atomic mass is 32.1. The molecule has 0 saturated heterocycles. The number of hydrogen-bond acceptors (Lipinski definition) is 3. The first-order valence-corrected chi connectivity index (χ1v) is 9.18. The van der Waals surface area contributed by atoms with Gasteiger partial charge in [0.05, 0.1) is 0 Å². The fourth-order valence-corrected chi connectivity index (χ4v) is 3.69. The van der Waals surface area contributed by atoms with Gasteiger partial charge in [-0.2, -0.15) is 13.2 Å². The van der Waals surface area contributed by atoms with E-state index in [-0.39, 0.29) is 16.4 Å². The summed E-state index contributed by atoms with van der Waals surface area (Å²) in [6.45, 7) is 2.28. The third-order valence-corrected chi connectivity index (χ3v) is 5.09. The van der Waals surface area contributed by atoms with Crippen molar-refractivity contribution in [2.75, 3.05) is 6.54 Å². The van der Waals surface area contributed by atoms with Crippen LogP contribution in [0.15, 0.2) is 60.7 Å². The summed E-state index contributed by atoms with van der Waals surface area (Å²) in [6, 6.07) is 17.7. The molecule has 1 aromatic heterocycles. The predicted octanol–water partition coefficient (Wildman–Crippen LogP) is 5.49. The maximum absolute atomic E-state index is 13.5. The van der Waals surface area contributed by atoms with E-state index in [0.717, 1.165) is 16.9 Å². The number of aromatic nitrogens is 1. The van der Waals surface area contributed by atoms with E-state index in [1.165, 1.54) is 4.90 Å². The lowest BCUT2D eigenvalue weighted by molar-refractivity contribution is -0.141. The summed E-state index contributed by atoms with van der Waals surface area (Å²) < 4.78 is 40.5. The van der Waals surface area contributed by atoms with Crippen molar-refractivity contribution in [3.63, 3.8) is 0 Å². The van der Waals surface area contributed by atoms with Crippen LogP contribution in [-0.4, -0.2) is 22.3 Å². The summed E-state index contributed by atoms with van der Waals surface area (Å²) in [5.74, 6) is -0.659. The molecule has 0 aliphatic rings. The van der Waals surface area contributed by atoms with Crippen molar-refractivity contribution in [1.82, 2.24) is 9.88 Å². The summed E-state index contributed by atoms with van der Waals surface area (Å²) in [5, 5.41) is 0.182. The van der Waals surface area contributed by atoms with Gasteiger partial charge < -0.3 is 4.90 Å². The molecule has 0 N–H and O–H groups in total. The molecule has 0 spiro atoms. The van der Waals surface area contributed by atoms with E-state index in [1.807, 2.05) is 30.3 Å². The molecule has 0 unspecified atom stereocenters. The average molecular weight is 390 g/mol. The van der Waals surface area contributed by atoms with E-state index >= 15 is 0 Å². The Morgan fingerprint density at radius 3 is 2.19 bits per heavy atom. The van der Waals surface area contributed by atoms with Gasteiger partial charge in [0, 0.05) is 18.7 Å². The molecule has 7 heteroatoms. The number of amides is 1. The third kappa shape index (κ3) is 4.36. The zero-order chi connectivity index (χ0) is 19.4. The van der Waals surface area contributed by atoms with Crippen molar-refractivity contribution in [2.24, 2.45) is 0 Å². The molecule has 0 bridgehead atoms. The molecule has 3 rings (SSSR count). The summed E-state index contributed by atoms with van der Waals surface area (Å²) >= 11 is 0.780. The van der Waals surface area contributed by atoms with E-state index in [0.29, 0.717) is 12.1 Å². The largest absolute Gasteiger partial charge is 0.435 e. The van der Waals surface area contributed by atoms with Gasteiger partial charge in [0.2, 0.25) is 0 Å². The second kappa shape index (κ2) is 7.92. The van der Waals surface area contributed by atoms with E-state index in [9.17, 15) is 18.0 Å². The maximum atomic E-state index is 13.5. The molecule has 2 aromatic carbocycles. The van der Waals surface area contributed by atoms with Crippen LogP contribution in [0.25, 0.3) is 10.6 Å². The number of carbonyl (C=O) groups is 1. The quantitative estimate of drug-likeness (QED) is 0.577. The highest BCUT2D eigenvalue weighted by Crippen LogP contribution is 2.38. The molecule has 0 aliphatic heterocycles. The molecule has 0 atom stereocenters. The molecular weight excluding hydrogens is 373 g/mol. The number of rotatable bonds is 5. The van der Waals surface area contributed by atoms with Gasteiger partial charge in [-0.15, -0.1) is 11.3 Å². The Hall–Kier alpha value is -2.67.